The Morgan fingerprint density at radius 3 is 2.06 bits per heavy atom. The summed E-state index contributed by atoms with van der Waals surface area (Å²) >= 11 is 0. The van der Waals surface area contributed by atoms with Crippen molar-refractivity contribution in [1.82, 2.24) is 0 Å². The van der Waals surface area contributed by atoms with Crippen LogP contribution in [-0.4, -0.2) is 26.2 Å². The summed E-state index contributed by atoms with van der Waals surface area (Å²) in [6, 6.07) is 3.67. The highest BCUT2D eigenvalue weighted by Crippen LogP contribution is 2.16. The quantitative estimate of drug-likeness (QED) is 0.757. The van der Waals surface area contributed by atoms with Gasteiger partial charge in [-0.3, -0.25) is 4.79 Å². The molecule has 4 heteroatoms. The van der Waals surface area contributed by atoms with E-state index in [1.165, 1.54) is 0 Å². The van der Waals surface area contributed by atoms with Crippen LogP contribution in [0.1, 0.15) is 27.0 Å². The molecule has 1 rings (SSSR count). The molecule has 0 fully saturated rings. The largest absolute Gasteiger partial charge is 0.293 e. The highest BCUT2D eigenvalue weighted by molar-refractivity contribution is 7.91. The highest BCUT2D eigenvalue weighted by Gasteiger charge is 2.15. The molecule has 0 bridgehead atoms. The van der Waals surface area contributed by atoms with Crippen molar-refractivity contribution in [3.8, 4) is 0 Å². The number of aryl methyl sites for hydroxylation is 3. The summed E-state index contributed by atoms with van der Waals surface area (Å²) in [5, 5.41) is 0. The monoisotopic (exact) mass is 240 g/mol. The van der Waals surface area contributed by atoms with Crippen LogP contribution in [0, 0.1) is 20.8 Å². The van der Waals surface area contributed by atoms with Crippen molar-refractivity contribution in [2.24, 2.45) is 0 Å². The van der Waals surface area contributed by atoms with Crippen molar-refractivity contribution in [3.63, 3.8) is 0 Å². The highest BCUT2D eigenvalue weighted by atomic mass is 32.2. The van der Waals surface area contributed by atoms with Gasteiger partial charge < -0.3 is 0 Å². The lowest BCUT2D eigenvalue weighted by Gasteiger charge is -2.08. The molecule has 0 aliphatic rings. The molecule has 0 unspecified atom stereocenters. The third-order valence-electron chi connectivity index (χ3n) is 2.53. The first kappa shape index (κ1) is 12.9. The fourth-order valence-electron chi connectivity index (χ4n) is 1.58. The van der Waals surface area contributed by atoms with Gasteiger partial charge in [0.25, 0.3) is 0 Å². The van der Waals surface area contributed by atoms with Crippen molar-refractivity contribution in [2.45, 2.75) is 20.8 Å². The lowest BCUT2D eigenvalue weighted by molar-refractivity contribution is 0.102. The van der Waals surface area contributed by atoms with E-state index in [-0.39, 0.29) is 5.78 Å². The van der Waals surface area contributed by atoms with E-state index in [1.54, 1.807) is 6.07 Å². The molecule has 0 atom stereocenters. The summed E-state index contributed by atoms with van der Waals surface area (Å²) in [4.78, 5) is 11.8. The van der Waals surface area contributed by atoms with Crippen LogP contribution >= 0.6 is 0 Å². The van der Waals surface area contributed by atoms with Gasteiger partial charge in [-0.25, -0.2) is 8.42 Å². The van der Waals surface area contributed by atoms with Gasteiger partial charge in [-0.1, -0.05) is 6.07 Å². The average Bonchev–Trinajstić information content (AvgIpc) is 2.08. The number of Topliss-reactive ketones (excluding diaryl/α,β-unsaturated/α-hetero) is 1. The van der Waals surface area contributed by atoms with Crippen LogP contribution < -0.4 is 0 Å². The maximum Gasteiger partial charge on any atom is 0.178 e. The van der Waals surface area contributed by atoms with Gasteiger partial charge >= 0.3 is 0 Å². The minimum atomic E-state index is -3.26. The van der Waals surface area contributed by atoms with Gasteiger partial charge in [0.2, 0.25) is 0 Å². The predicted molar refractivity (Wildman–Crippen MR) is 64.7 cm³/mol. The summed E-state index contributed by atoms with van der Waals surface area (Å²) < 4.78 is 22.1. The Kier molecular flexibility index (Phi) is 3.53. The number of rotatable bonds is 3. The lowest BCUT2D eigenvalue weighted by Crippen LogP contribution is -2.16. The topological polar surface area (TPSA) is 51.2 Å². The lowest BCUT2D eigenvalue weighted by atomic mass is 9.99. The number of carbonyl (C=O) groups excluding carboxylic acids is 1. The maximum atomic E-state index is 11.8. The first-order chi connectivity index (χ1) is 7.20. The molecule has 3 nitrogen and oxygen atoms in total. The number of sulfone groups is 1. The van der Waals surface area contributed by atoms with E-state index in [9.17, 15) is 13.2 Å². The minimum Gasteiger partial charge on any atom is -0.293 e. The Hall–Kier alpha value is -1.16. The molecule has 0 saturated carbocycles. The summed E-state index contributed by atoms with van der Waals surface area (Å²) in [5.74, 6) is -0.751. The molecule has 0 amide bonds. The van der Waals surface area contributed by atoms with Gasteiger partial charge in [0.1, 0.15) is 5.75 Å². The number of benzene rings is 1. The normalized spacial score (nSPS) is 11.5. The fraction of sp³-hybridized carbons (Fsp3) is 0.417. The third-order valence-corrected chi connectivity index (χ3v) is 3.32. The van der Waals surface area contributed by atoms with E-state index in [1.807, 2.05) is 26.8 Å². The van der Waals surface area contributed by atoms with E-state index >= 15 is 0 Å². The first-order valence-electron chi connectivity index (χ1n) is 4.99. The maximum absolute atomic E-state index is 11.8. The molecule has 88 valence electrons. The second-order valence-electron chi connectivity index (χ2n) is 4.24. The van der Waals surface area contributed by atoms with E-state index in [0.717, 1.165) is 22.9 Å². The van der Waals surface area contributed by atoms with E-state index in [4.69, 9.17) is 0 Å². The molecule has 0 spiro atoms. The van der Waals surface area contributed by atoms with Crippen LogP contribution in [0.5, 0.6) is 0 Å². The molecule has 0 aliphatic carbocycles. The first-order valence-corrected chi connectivity index (χ1v) is 7.05. The molecule has 0 radical (unpaired) electrons. The van der Waals surface area contributed by atoms with Gasteiger partial charge in [-0.2, -0.15) is 0 Å². The molecular formula is C12H16O3S. The summed E-state index contributed by atoms with van der Waals surface area (Å²) in [5.41, 5.74) is 3.45. The fourth-order valence-corrected chi connectivity index (χ4v) is 2.21. The number of ketones is 1. The molecule has 0 heterocycles. The Morgan fingerprint density at radius 2 is 1.56 bits per heavy atom. The number of hydrogen-bond donors (Lipinski definition) is 0. The summed E-state index contributed by atoms with van der Waals surface area (Å²) in [6.45, 7) is 5.70. The Balaban J connectivity index is 3.15. The van der Waals surface area contributed by atoms with Crippen molar-refractivity contribution >= 4 is 15.6 Å². The number of hydrogen-bond acceptors (Lipinski definition) is 3. The molecular weight excluding hydrogens is 224 g/mol. The van der Waals surface area contributed by atoms with Crippen molar-refractivity contribution < 1.29 is 13.2 Å². The van der Waals surface area contributed by atoms with Crippen molar-refractivity contribution in [2.75, 3.05) is 12.0 Å². The van der Waals surface area contributed by atoms with Crippen molar-refractivity contribution in [3.05, 3.63) is 34.4 Å². The van der Waals surface area contributed by atoms with Crippen molar-refractivity contribution in [1.29, 1.82) is 0 Å². The molecule has 0 aliphatic heterocycles. The van der Waals surface area contributed by atoms with E-state index < -0.39 is 15.6 Å². The molecule has 0 aromatic heterocycles. The second-order valence-corrected chi connectivity index (χ2v) is 6.38. The Bertz CT molecular complexity index is 527. The number of carbonyl (C=O) groups is 1. The van der Waals surface area contributed by atoms with Crippen LogP contribution in [0.25, 0.3) is 0 Å². The van der Waals surface area contributed by atoms with E-state index in [2.05, 4.69) is 0 Å². The molecule has 0 saturated heterocycles. The smallest absolute Gasteiger partial charge is 0.178 e. The minimum absolute atomic E-state index is 0.330. The van der Waals surface area contributed by atoms with Gasteiger partial charge in [-0.15, -0.1) is 0 Å². The zero-order valence-corrected chi connectivity index (χ0v) is 10.8. The van der Waals surface area contributed by atoms with Crippen LogP contribution in [0.15, 0.2) is 12.1 Å². The van der Waals surface area contributed by atoms with Crippen LogP contribution in [0.3, 0.4) is 0 Å². The van der Waals surface area contributed by atoms with Crippen LogP contribution in [0.2, 0.25) is 0 Å². The van der Waals surface area contributed by atoms with Gasteiger partial charge in [-0.05, 0) is 43.5 Å². The van der Waals surface area contributed by atoms with Gasteiger partial charge in [0.05, 0.1) is 0 Å². The molecule has 16 heavy (non-hydrogen) atoms. The second kappa shape index (κ2) is 4.37. The van der Waals surface area contributed by atoms with Crippen LogP contribution in [-0.2, 0) is 9.84 Å². The van der Waals surface area contributed by atoms with Crippen LogP contribution in [0.4, 0.5) is 0 Å². The average molecular weight is 240 g/mol. The predicted octanol–water partition coefficient (Wildman–Crippen LogP) is 1.84. The molecule has 0 N–H and O–H groups in total. The standard InChI is InChI=1S/C12H16O3S/c1-8-5-10(3)11(6-9(8)2)12(13)7-16(4,14)15/h5-6H,7H2,1-4H3. The molecule has 1 aromatic rings. The Morgan fingerprint density at radius 1 is 1.06 bits per heavy atom. The Labute approximate surface area is 96.4 Å². The third kappa shape index (κ3) is 3.17. The SMILES string of the molecule is Cc1cc(C)c(C(=O)CS(C)(=O)=O)cc1C. The summed E-state index contributed by atoms with van der Waals surface area (Å²) in [6.07, 6.45) is 1.07. The van der Waals surface area contributed by atoms with E-state index in [0.29, 0.717) is 5.56 Å². The van der Waals surface area contributed by atoms with Gasteiger partial charge in [0, 0.05) is 11.8 Å². The van der Waals surface area contributed by atoms with Gasteiger partial charge in [0.15, 0.2) is 15.6 Å². The zero-order chi connectivity index (χ0) is 12.5. The summed E-state index contributed by atoms with van der Waals surface area (Å²) in [7, 11) is -3.26. The molecule has 1 aromatic carbocycles. The zero-order valence-electron chi connectivity index (χ0n) is 9.99.